The number of aromatic nitrogens is 2. The van der Waals surface area contributed by atoms with Crippen LogP contribution in [0.5, 0.6) is 5.75 Å². The minimum Gasteiger partial charge on any atom is -0.508 e. The molecule has 1 fully saturated rings. The number of hydrogen-bond acceptors (Lipinski definition) is 12. The molecule has 1 aliphatic rings. The van der Waals surface area contributed by atoms with Gasteiger partial charge in [0, 0.05) is 18.2 Å². The van der Waals surface area contributed by atoms with Crippen LogP contribution in [-0.2, 0) is 38.1 Å². The van der Waals surface area contributed by atoms with Crippen molar-refractivity contribution >= 4 is 29.4 Å². The number of H-pyrrole nitrogens is 1. The normalized spacial score (nSPS) is 22.6. The number of phosphoric ester groups is 1. The second-order valence-electron chi connectivity index (χ2n) is 7.87. The largest absolute Gasteiger partial charge is 0.508 e. The number of phosphoric acid groups is 3. The number of ether oxygens (including phenoxy) is 1. The predicted molar refractivity (Wildman–Crippen MR) is 125 cm³/mol. The third kappa shape index (κ3) is 9.01. The van der Waals surface area contributed by atoms with Crippen LogP contribution in [0.15, 0.2) is 40.1 Å². The number of phenols is 1. The zero-order valence-electron chi connectivity index (χ0n) is 19.3. The molecule has 2 heterocycles. The van der Waals surface area contributed by atoms with Gasteiger partial charge in [0.2, 0.25) is 0 Å². The van der Waals surface area contributed by atoms with Crippen LogP contribution in [0, 0.1) is 0 Å². The monoisotopic (exact) mass is 617 g/mol. The quantitative estimate of drug-likeness (QED) is 0.143. The summed E-state index contributed by atoms with van der Waals surface area (Å²) in [6.45, 7) is -1.30. The summed E-state index contributed by atoms with van der Waals surface area (Å²) in [5, 5.41) is 22.0. The van der Waals surface area contributed by atoms with Gasteiger partial charge in [0.25, 0.3) is 11.5 Å². The Labute approximate surface area is 217 Å². The summed E-state index contributed by atoms with van der Waals surface area (Å²) in [6, 6.07) is 5.24. The van der Waals surface area contributed by atoms with E-state index in [0.29, 0.717) is 0 Å². The first-order valence-electron chi connectivity index (χ1n) is 10.5. The summed E-state index contributed by atoms with van der Waals surface area (Å²) in [6.07, 6.45) is -3.34. The first-order chi connectivity index (χ1) is 17.9. The first kappa shape index (κ1) is 31.0. The number of nitrogens with zero attached hydrogens (tertiary/aromatic N) is 1. The average molecular weight is 617 g/mol. The maximum atomic E-state index is 12.3. The molecule has 19 nitrogen and oxygen atoms in total. The molecule has 39 heavy (non-hydrogen) atoms. The Balaban J connectivity index is 1.65. The Bertz CT molecular complexity index is 1470. The zero-order valence-corrected chi connectivity index (χ0v) is 22.0. The van der Waals surface area contributed by atoms with Crippen LogP contribution in [0.2, 0.25) is 0 Å². The van der Waals surface area contributed by atoms with Crippen molar-refractivity contribution in [3.8, 4) is 5.75 Å². The molecule has 0 radical (unpaired) electrons. The fraction of sp³-hybridized carbons (Fsp3) is 0.353. The topological polar surface area (TPSA) is 293 Å². The third-order valence-electron chi connectivity index (χ3n) is 4.94. The molecule has 0 saturated carbocycles. The van der Waals surface area contributed by atoms with E-state index in [-0.39, 0.29) is 29.8 Å². The molecular formula is C17H22N3O16P3. The summed E-state index contributed by atoms with van der Waals surface area (Å²) in [4.78, 5) is 74.6. The number of carbonyl (C=O) groups is 1. The van der Waals surface area contributed by atoms with Crippen molar-refractivity contribution in [3.63, 3.8) is 0 Å². The van der Waals surface area contributed by atoms with Crippen LogP contribution in [0.1, 0.15) is 28.6 Å². The Kier molecular flexibility index (Phi) is 9.50. The molecule has 2 unspecified atom stereocenters. The van der Waals surface area contributed by atoms with Gasteiger partial charge in [-0.1, -0.05) is 0 Å². The van der Waals surface area contributed by atoms with Crippen LogP contribution in [-0.4, -0.2) is 64.1 Å². The summed E-state index contributed by atoms with van der Waals surface area (Å²) in [5.74, 6) is -0.652. The van der Waals surface area contributed by atoms with Gasteiger partial charge in [0.1, 0.15) is 18.1 Å². The third-order valence-corrected chi connectivity index (χ3v) is 8.75. The lowest BCUT2D eigenvalue weighted by Gasteiger charge is -2.19. The number of aliphatic hydroxyl groups is 1. The van der Waals surface area contributed by atoms with Crippen molar-refractivity contribution in [1.82, 2.24) is 14.9 Å². The molecule has 2 aromatic rings. The summed E-state index contributed by atoms with van der Waals surface area (Å²) < 4.78 is 51.9. The number of amides is 1. The highest BCUT2D eigenvalue weighted by atomic mass is 31.3. The number of aromatic amines is 1. The van der Waals surface area contributed by atoms with E-state index in [9.17, 15) is 48.1 Å². The van der Waals surface area contributed by atoms with Crippen molar-refractivity contribution < 1.29 is 66.2 Å². The van der Waals surface area contributed by atoms with E-state index in [2.05, 4.69) is 18.5 Å². The van der Waals surface area contributed by atoms with Crippen molar-refractivity contribution in [2.75, 3.05) is 6.61 Å². The standard InChI is InChI=1S/C17H22N3O16P3/c21-11-3-1-9(2-4-11)15(23)18-6-10-7-20(17(25)19-16(10)24)14-5-12(22)13(34-14)8-33-38(29,30)36-39(31,32)35-37(26,27)28/h1-4,7,12-14,21-22H,5-6,8H2,(H,18,23)(H,29,30)(H,31,32)(H,19,24,25)(H2,26,27,28)/t12-,13+,14+/m0/s1. The SMILES string of the molecule is O=C(NCc1cn([C@H]2C[C@H](O)[C@@H](COP(=O)(O)OP(=O)(O)OP(=O)(O)O)O2)c(=O)[nH]c1=O)c1ccc(O)cc1. The minimum absolute atomic E-state index is 0.0610. The summed E-state index contributed by atoms with van der Waals surface area (Å²) >= 11 is 0. The highest BCUT2D eigenvalue weighted by Gasteiger charge is 2.43. The maximum Gasteiger partial charge on any atom is 0.490 e. The number of rotatable bonds is 11. The predicted octanol–water partition coefficient (Wildman–Crippen LogP) is -0.836. The van der Waals surface area contributed by atoms with Gasteiger partial charge in [0.05, 0.1) is 24.8 Å². The molecule has 5 atom stereocenters. The fourth-order valence-corrected chi connectivity index (χ4v) is 6.29. The lowest BCUT2D eigenvalue weighted by Crippen LogP contribution is -2.36. The average Bonchev–Trinajstić information content (AvgIpc) is 3.15. The molecule has 0 bridgehead atoms. The van der Waals surface area contributed by atoms with Crippen molar-refractivity contribution in [2.24, 2.45) is 0 Å². The van der Waals surface area contributed by atoms with Crippen molar-refractivity contribution in [1.29, 1.82) is 0 Å². The van der Waals surface area contributed by atoms with E-state index in [4.69, 9.17) is 14.5 Å². The van der Waals surface area contributed by atoms with E-state index >= 15 is 0 Å². The molecule has 216 valence electrons. The minimum atomic E-state index is -5.75. The number of nitrogens with one attached hydrogen (secondary N) is 2. The highest BCUT2D eigenvalue weighted by Crippen LogP contribution is 2.66. The Morgan fingerprint density at radius 2 is 1.72 bits per heavy atom. The van der Waals surface area contributed by atoms with Crippen LogP contribution >= 0.6 is 23.5 Å². The first-order valence-corrected chi connectivity index (χ1v) is 15.0. The highest BCUT2D eigenvalue weighted by molar-refractivity contribution is 7.66. The van der Waals surface area contributed by atoms with Crippen LogP contribution in [0.3, 0.4) is 0 Å². The van der Waals surface area contributed by atoms with E-state index in [1.54, 1.807) is 0 Å². The molecule has 3 rings (SSSR count). The second-order valence-corrected chi connectivity index (χ2v) is 12.3. The maximum absolute atomic E-state index is 12.3. The molecule has 1 aromatic carbocycles. The van der Waals surface area contributed by atoms with Gasteiger partial charge in [-0.25, -0.2) is 18.5 Å². The van der Waals surface area contributed by atoms with Gasteiger partial charge in [-0.05, 0) is 24.3 Å². The zero-order chi connectivity index (χ0) is 29.2. The molecule has 1 saturated heterocycles. The number of hydrogen-bond donors (Lipinski definition) is 8. The number of benzene rings is 1. The number of aliphatic hydroxyl groups excluding tert-OH is 1. The molecular weight excluding hydrogens is 595 g/mol. The van der Waals surface area contributed by atoms with E-state index in [0.717, 1.165) is 10.8 Å². The van der Waals surface area contributed by atoms with Crippen molar-refractivity contribution in [2.45, 2.75) is 31.4 Å². The van der Waals surface area contributed by atoms with Gasteiger partial charge in [-0.15, -0.1) is 0 Å². The number of aromatic hydroxyl groups is 1. The Morgan fingerprint density at radius 1 is 1.08 bits per heavy atom. The molecule has 1 aliphatic heterocycles. The molecule has 0 spiro atoms. The van der Waals surface area contributed by atoms with Crippen LogP contribution in [0.4, 0.5) is 0 Å². The van der Waals surface area contributed by atoms with Crippen LogP contribution in [0.25, 0.3) is 0 Å². The molecule has 1 aromatic heterocycles. The fourth-order valence-electron chi connectivity index (χ4n) is 3.26. The lowest BCUT2D eigenvalue weighted by atomic mass is 10.2. The van der Waals surface area contributed by atoms with Gasteiger partial charge in [-0.3, -0.25) is 23.7 Å². The molecule has 0 aliphatic carbocycles. The van der Waals surface area contributed by atoms with Crippen molar-refractivity contribution in [3.05, 3.63) is 62.4 Å². The molecule has 1 amide bonds. The second kappa shape index (κ2) is 11.9. The Morgan fingerprint density at radius 3 is 2.33 bits per heavy atom. The van der Waals surface area contributed by atoms with E-state index in [1.165, 1.54) is 24.3 Å². The van der Waals surface area contributed by atoms with Gasteiger partial charge in [-0.2, -0.15) is 8.62 Å². The van der Waals surface area contributed by atoms with Gasteiger partial charge in [0.15, 0.2) is 0 Å². The number of phenolic OH excluding ortho intramolecular Hbond substituents is 1. The van der Waals surface area contributed by atoms with Crippen LogP contribution < -0.4 is 16.6 Å². The lowest BCUT2D eigenvalue weighted by molar-refractivity contribution is -0.0450. The van der Waals surface area contributed by atoms with Gasteiger partial charge >= 0.3 is 29.2 Å². The van der Waals surface area contributed by atoms with E-state index in [1.807, 2.05) is 4.98 Å². The number of carbonyl (C=O) groups excluding carboxylic acids is 1. The summed E-state index contributed by atoms with van der Waals surface area (Å²) in [5.41, 5.74) is -1.69. The van der Waals surface area contributed by atoms with E-state index < -0.39 is 65.7 Å². The molecule has 22 heteroatoms. The summed E-state index contributed by atoms with van der Waals surface area (Å²) in [7, 11) is -16.8. The molecule has 8 N–H and O–H groups in total. The Hall–Kier alpha value is -2.50. The smallest absolute Gasteiger partial charge is 0.490 e. The van der Waals surface area contributed by atoms with Gasteiger partial charge < -0.3 is 39.8 Å².